The topological polar surface area (TPSA) is 72.6 Å². The van der Waals surface area contributed by atoms with Gasteiger partial charge in [0, 0.05) is 25.6 Å². The van der Waals surface area contributed by atoms with Crippen molar-refractivity contribution in [3.8, 4) is 11.5 Å². The molecule has 0 saturated heterocycles. The fraction of sp³-hybridized carbons (Fsp3) is 0.529. The van der Waals surface area contributed by atoms with Crippen molar-refractivity contribution in [2.24, 2.45) is 0 Å². The van der Waals surface area contributed by atoms with Crippen LogP contribution in [0.2, 0.25) is 0 Å². The quantitative estimate of drug-likeness (QED) is 0.915. The van der Waals surface area contributed by atoms with Gasteiger partial charge in [0.15, 0.2) is 11.5 Å². The van der Waals surface area contributed by atoms with Crippen LogP contribution in [-0.2, 0) is 13.1 Å². The summed E-state index contributed by atoms with van der Waals surface area (Å²) < 4.78 is 13.0. The lowest BCUT2D eigenvalue weighted by Gasteiger charge is -2.29. The highest BCUT2D eigenvalue weighted by Crippen LogP contribution is 2.39. The van der Waals surface area contributed by atoms with Crippen LogP contribution in [0, 0.1) is 0 Å². The summed E-state index contributed by atoms with van der Waals surface area (Å²) in [5.74, 6) is 4.24. The van der Waals surface area contributed by atoms with Crippen molar-refractivity contribution in [2.45, 2.75) is 38.0 Å². The maximum absolute atomic E-state index is 10.6. The SMILES string of the molecule is OC(CN1CCn2c(nnc2C2CC2)C1)c1ccc2c(c1)OCO2. The summed E-state index contributed by atoms with van der Waals surface area (Å²) in [6.45, 7) is 3.38. The average Bonchev–Trinajstić information content (AvgIpc) is 3.18. The van der Waals surface area contributed by atoms with Gasteiger partial charge in [0.1, 0.15) is 11.6 Å². The van der Waals surface area contributed by atoms with Crippen molar-refractivity contribution in [3.63, 3.8) is 0 Å². The molecule has 1 N–H and O–H groups in total. The molecule has 1 aromatic carbocycles. The van der Waals surface area contributed by atoms with Crippen molar-refractivity contribution >= 4 is 0 Å². The number of hydrogen-bond acceptors (Lipinski definition) is 6. The van der Waals surface area contributed by atoms with Crippen LogP contribution in [0.3, 0.4) is 0 Å². The van der Waals surface area contributed by atoms with Gasteiger partial charge in [-0.3, -0.25) is 4.90 Å². The minimum Gasteiger partial charge on any atom is -0.454 e. The summed E-state index contributed by atoms with van der Waals surface area (Å²) in [7, 11) is 0. The van der Waals surface area contributed by atoms with Gasteiger partial charge < -0.3 is 19.1 Å². The molecule has 0 bridgehead atoms. The Morgan fingerprint density at radius 3 is 2.92 bits per heavy atom. The zero-order chi connectivity index (χ0) is 16.1. The first-order chi connectivity index (χ1) is 11.8. The fourth-order valence-electron chi connectivity index (χ4n) is 3.50. The third-order valence-corrected chi connectivity index (χ3v) is 5.02. The van der Waals surface area contributed by atoms with Crippen LogP contribution in [0.25, 0.3) is 0 Å². The normalized spacial score (nSPS) is 20.9. The standard InChI is InChI=1S/C17H20N4O3/c22-13(12-3-4-14-15(7-12)24-10-23-14)8-20-5-6-21-16(9-20)18-19-17(21)11-1-2-11/h3-4,7,11,13,22H,1-2,5-6,8-10H2. The van der Waals surface area contributed by atoms with E-state index >= 15 is 0 Å². The maximum Gasteiger partial charge on any atom is 0.231 e. The molecule has 2 aromatic rings. The molecule has 7 heteroatoms. The summed E-state index contributed by atoms with van der Waals surface area (Å²) in [5.41, 5.74) is 0.852. The van der Waals surface area contributed by atoms with Crippen LogP contribution >= 0.6 is 0 Å². The highest BCUT2D eigenvalue weighted by atomic mass is 16.7. The third-order valence-electron chi connectivity index (χ3n) is 5.02. The van der Waals surface area contributed by atoms with E-state index in [4.69, 9.17) is 9.47 Å². The summed E-state index contributed by atoms with van der Waals surface area (Å²) >= 11 is 0. The Morgan fingerprint density at radius 1 is 1.17 bits per heavy atom. The van der Waals surface area contributed by atoms with E-state index in [1.807, 2.05) is 18.2 Å². The van der Waals surface area contributed by atoms with Crippen molar-refractivity contribution in [1.82, 2.24) is 19.7 Å². The highest BCUT2D eigenvalue weighted by Gasteiger charge is 2.32. The van der Waals surface area contributed by atoms with Gasteiger partial charge in [-0.25, -0.2) is 0 Å². The molecule has 1 aromatic heterocycles. The van der Waals surface area contributed by atoms with E-state index in [0.29, 0.717) is 18.2 Å². The minimum absolute atomic E-state index is 0.250. The van der Waals surface area contributed by atoms with Crippen molar-refractivity contribution in [1.29, 1.82) is 0 Å². The second kappa shape index (κ2) is 5.46. The molecule has 7 nitrogen and oxygen atoms in total. The van der Waals surface area contributed by atoms with Crippen LogP contribution in [0.1, 0.15) is 42.1 Å². The predicted molar refractivity (Wildman–Crippen MR) is 84.8 cm³/mol. The van der Waals surface area contributed by atoms with Gasteiger partial charge in [0.05, 0.1) is 12.6 Å². The number of benzene rings is 1. The van der Waals surface area contributed by atoms with Gasteiger partial charge in [0.25, 0.3) is 0 Å². The molecule has 1 atom stereocenters. The molecule has 0 amide bonds. The Bertz CT molecular complexity index is 771. The lowest BCUT2D eigenvalue weighted by Crippen LogP contribution is -2.37. The first-order valence-electron chi connectivity index (χ1n) is 8.50. The Hall–Kier alpha value is -2.12. The van der Waals surface area contributed by atoms with Crippen molar-refractivity contribution in [2.75, 3.05) is 19.9 Å². The molecule has 126 valence electrons. The van der Waals surface area contributed by atoms with Crippen LogP contribution in [0.4, 0.5) is 0 Å². The molecule has 1 unspecified atom stereocenters. The summed E-state index contributed by atoms with van der Waals surface area (Å²) in [5, 5.41) is 19.3. The van der Waals surface area contributed by atoms with Gasteiger partial charge in [-0.05, 0) is 30.5 Å². The van der Waals surface area contributed by atoms with Gasteiger partial charge in [-0.2, -0.15) is 0 Å². The number of fused-ring (bicyclic) bond motifs is 2. The van der Waals surface area contributed by atoms with E-state index in [1.165, 1.54) is 12.8 Å². The molecule has 2 aliphatic heterocycles. The van der Waals surface area contributed by atoms with Crippen LogP contribution < -0.4 is 9.47 Å². The molecule has 1 saturated carbocycles. The number of aromatic nitrogens is 3. The molecule has 24 heavy (non-hydrogen) atoms. The first-order valence-corrected chi connectivity index (χ1v) is 8.50. The van der Waals surface area contributed by atoms with E-state index < -0.39 is 6.10 Å². The molecule has 3 heterocycles. The zero-order valence-corrected chi connectivity index (χ0v) is 13.4. The second-order valence-corrected chi connectivity index (χ2v) is 6.76. The second-order valence-electron chi connectivity index (χ2n) is 6.76. The molecular weight excluding hydrogens is 308 g/mol. The molecule has 3 aliphatic rings. The summed E-state index contributed by atoms with van der Waals surface area (Å²) in [6.07, 6.45) is 1.92. The zero-order valence-electron chi connectivity index (χ0n) is 13.4. The van der Waals surface area contributed by atoms with Crippen LogP contribution in [-0.4, -0.2) is 44.7 Å². The number of β-amino-alcohol motifs (C(OH)–C–C–N with tert-alkyl or cyclic N) is 1. The lowest BCUT2D eigenvalue weighted by atomic mass is 10.1. The van der Waals surface area contributed by atoms with Gasteiger partial charge in [0.2, 0.25) is 6.79 Å². The molecule has 0 spiro atoms. The predicted octanol–water partition coefficient (Wildman–Crippen LogP) is 1.43. The van der Waals surface area contributed by atoms with Crippen LogP contribution in [0.15, 0.2) is 18.2 Å². The van der Waals surface area contributed by atoms with Gasteiger partial charge in [-0.15, -0.1) is 10.2 Å². The Balaban J connectivity index is 1.28. The average molecular weight is 328 g/mol. The highest BCUT2D eigenvalue weighted by molar-refractivity contribution is 5.45. The molecule has 5 rings (SSSR count). The van der Waals surface area contributed by atoms with E-state index in [-0.39, 0.29) is 6.79 Å². The number of nitrogens with zero attached hydrogens (tertiary/aromatic N) is 4. The van der Waals surface area contributed by atoms with Gasteiger partial charge in [-0.1, -0.05) is 6.07 Å². The van der Waals surface area contributed by atoms with Crippen molar-refractivity contribution in [3.05, 3.63) is 35.4 Å². The monoisotopic (exact) mass is 328 g/mol. The third kappa shape index (κ3) is 2.44. The number of aliphatic hydroxyl groups is 1. The van der Waals surface area contributed by atoms with Crippen molar-refractivity contribution < 1.29 is 14.6 Å². The van der Waals surface area contributed by atoms with E-state index in [9.17, 15) is 5.11 Å². The maximum atomic E-state index is 10.6. The van der Waals surface area contributed by atoms with E-state index in [2.05, 4.69) is 19.7 Å². The number of rotatable bonds is 4. The lowest BCUT2D eigenvalue weighted by molar-refractivity contribution is 0.0957. The molecule has 1 aliphatic carbocycles. The molecular formula is C17H20N4O3. The Labute approximate surface area is 139 Å². The minimum atomic E-state index is -0.558. The summed E-state index contributed by atoms with van der Waals surface area (Å²) in [4.78, 5) is 2.23. The first kappa shape index (κ1) is 14.2. The Morgan fingerprint density at radius 2 is 2.04 bits per heavy atom. The molecule has 1 fully saturated rings. The van der Waals surface area contributed by atoms with E-state index in [1.54, 1.807) is 0 Å². The fourth-order valence-corrected chi connectivity index (χ4v) is 3.50. The van der Waals surface area contributed by atoms with Gasteiger partial charge >= 0.3 is 0 Å². The largest absolute Gasteiger partial charge is 0.454 e. The van der Waals surface area contributed by atoms with E-state index in [0.717, 1.165) is 42.6 Å². The van der Waals surface area contributed by atoms with Crippen LogP contribution in [0.5, 0.6) is 11.5 Å². The molecule has 0 radical (unpaired) electrons. The number of aliphatic hydroxyl groups excluding tert-OH is 1. The Kier molecular flexibility index (Phi) is 3.24. The number of ether oxygens (including phenoxy) is 2. The number of hydrogen-bond donors (Lipinski definition) is 1. The summed E-state index contributed by atoms with van der Waals surface area (Å²) in [6, 6.07) is 5.62. The smallest absolute Gasteiger partial charge is 0.231 e.